The molecule has 0 atom stereocenters. The van der Waals surface area contributed by atoms with Gasteiger partial charge in [0, 0.05) is 5.57 Å². The molecular formula is C9H14O2. The number of carbonyl (C=O) groups excluding carboxylic acids is 1. The van der Waals surface area contributed by atoms with Gasteiger partial charge in [-0.1, -0.05) is 19.8 Å². The highest BCUT2D eigenvalue weighted by Crippen LogP contribution is 2.14. The summed E-state index contributed by atoms with van der Waals surface area (Å²) in [6.07, 6.45) is 6.29. The quantitative estimate of drug-likeness (QED) is 0.457. The summed E-state index contributed by atoms with van der Waals surface area (Å²) >= 11 is 0. The zero-order valence-electron chi connectivity index (χ0n) is 6.93. The summed E-state index contributed by atoms with van der Waals surface area (Å²) in [4.78, 5) is 10.9. The van der Waals surface area contributed by atoms with Crippen molar-refractivity contribution in [1.82, 2.24) is 0 Å². The van der Waals surface area contributed by atoms with Gasteiger partial charge in [0.05, 0.1) is 0 Å². The first-order valence-corrected chi connectivity index (χ1v) is 4.20. The molecule has 0 aliphatic carbocycles. The lowest BCUT2D eigenvalue weighted by molar-refractivity contribution is -0.136. The van der Waals surface area contributed by atoms with Crippen molar-refractivity contribution in [2.75, 3.05) is 6.61 Å². The first kappa shape index (κ1) is 8.31. The van der Waals surface area contributed by atoms with Crippen molar-refractivity contribution >= 4 is 5.97 Å². The normalized spacial score (nSPS) is 16.5. The second-order valence-corrected chi connectivity index (χ2v) is 2.78. The average Bonchev–Trinajstić information content (AvgIpc) is 2.37. The van der Waals surface area contributed by atoms with Gasteiger partial charge in [-0.25, -0.2) is 4.79 Å². The molecule has 0 radical (unpaired) electrons. The molecule has 62 valence electrons. The van der Waals surface area contributed by atoms with E-state index in [-0.39, 0.29) is 5.97 Å². The number of ether oxygens (including phenoxy) is 1. The minimum Gasteiger partial charge on any atom is -0.458 e. The molecule has 0 aromatic carbocycles. The first-order chi connectivity index (χ1) is 5.34. The van der Waals surface area contributed by atoms with E-state index in [4.69, 9.17) is 4.74 Å². The van der Waals surface area contributed by atoms with E-state index in [0.29, 0.717) is 6.61 Å². The van der Waals surface area contributed by atoms with Crippen molar-refractivity contribution in [3.63, 3.8) is 0 Å². The standard InChI is InChI=1S/C9H14O2/c1-2-3-4-5-8-6-7-11-9(8)10/h6H,2-5,7H2,1H3. The number of esters is 1. The van der Waals surface area contributed by atoms with Gasteiger partial charge in [-0.15, -0.1) is 0 Å². The van der Waals surface area contributed by atoms with Crippen molar-refractivity contribution in [2.45, 2.75) is 32.6 Å². The fourth-order valence-electron chi connectivity index (χ4n) is 1.16. The van der Waals surface area contributed by atoms with Gasteiger partial charge in [-0.3, -0.25) is 0 Å². The average molecular weight is 154 g/mol. The minimum atomic E-state index is -0.110. The minimum absolute atomic E-state index is 0.110. The van der Waals surface area contributed by atoms with Gasteiger partial charge in [0.25, 0.3) is 0 Å². The Morgan fingerprint density at radius 3 is 2.91 bits per heavy atom. The molecule has 2 heteroatoms. The molecule has 0 aromatic rings. The van der Waals surface area contributed by atoms with E-state index in [9.17, 15) is 4.79 Å². The largest absolute Gasteiger partial charge is 0.458 e. The highest BCUT2D eigenvalue weighted by Gasteiger charge is 2.14. The molecule has 1 heterocycles. The SMILES string of the molecule is CCCCCC1=CCOC1=O. The topological polar surface area (TPSA) is 26.3 Å². The van der Waals surface area contributed by atoms with Crippen molar-refractivity contribution in [1.29, 1.82) is 0 Å². The van der Waals surface area contributed by atoms with E-state index in [1.165, 1.54) is 12.8 Å². The molecule has 0 unspecified atom stereocenters. The van der Waals surface area contributed by atoms with Gasteiger partial charge in [-0.2, -0.15) is 0 Å². The van der Waals surface area contributed by atoms with Crippen LogP contribution < -0.4 is 0 Å². The summed E-state index contributed by atoms with van der Waals surface area (Å²) in [6, 6.07) is 0. The Morgan fingerprint density at radius 1 is 1.55 bits per heavy atom. The number of cyclic esters (lactones) is 1. The molecule has 0 saturated heterocycles. The van der Waals surface area contributed by atoms with Crippen LogP contribution in [-0.2, 0) is 9.53 Å². The predicted molar refractivity (Wildman–Crippen MR) is 43.2 cm³/mol. The van der Waals surface area contributed by atoms with Gasteiger partial charge in [0.1, 0.15) is 6.61 Å². The van der Waals surface area contributed by atoms with Crippen LogP contribution in [0.3, 0.4) is 0 Å². The highest BCUT2D eigenvalue weighted by molar-refractivity contribution is 5.90. The molecule has 0 spiro atoms. The maximum absolute atomic E-state index is 10.9. The van der Waals surface area contributed by atoms with Gasteiger partial charge < -0.3 is 4.74 Å². The third kappa shape index (κ3) is 2.37. The predicted octanol–water partition coefficient (Wildman–Crippen LogP) is 2.05. The fraction of sp³-hybridized carbons (Fsp3) is 0.667. The molecule has 1 aliphatic heterocycles. The van der Waals surface area contributed by atoms with E-state index >= 15 is 0 Å². The van der Waals surface area contributed by atoms with E-state index in [1.807, 2.05) is 6.08 Å². The lowest BCUT2D eigenvalue weighted by Gasteiger charge is -1.97. The van der Waals surface area contributed by atoms with Gasteiger partial charge in [0.15, 0.2) is 0 Å². The molecule has 0 saturated carbocycles. The van der Waals surface area contributed by atoms with Crippen LogP contribution in [0.2, 0.25) is 0 Å². The lowest BCUT2D eigenvalue weighted by Crippen LogP contribution is -1.98. The number of rotatable bonds is 4. The summed E-state index contributed by atoms with van der Waals surface area (Å²) in [5.74, 6) is -0.110. The van der Waals surface area contributed by atoms with Crippen LogP contribution in [-0.4, -0.2) is 12.6 Å². The summed E-state index contributed by atoms with van der Waals surface area (Å²) in [6.45, 7) is 2.64. The second kappa shape index (κ2) is 4.16. The summed E-state index contributed by atoms with van der Waals surface area (Å²) in [7, 11) is 0. The van der Waals surface area contributed by atoms with Crippen molar-refractivity contribution in [3.05, 3.63) is 11.6 Å². The molecule has 1 rings (SSSR count). The number of unbranched alkanes of at least 4 members (excludes halogenated alkanes) is 2. The highest BCUT2D eigenvalue weighted by atomic mass is 16.5. The molecule has 0 N–H and O–H groups in total. The Labute approximate surface area is 67.2 Å². The van der Waals surface area contributed by atoms with Gasteiger partial charge in [0.2, 0.25) is 0 Å². The van der Waals surface area contributed by atoms with E-state index in [1.54, 1.807) is 0 Å². The fourth-order valence-corrected chi connectivity index (χ4v) is 1.16. The van der Waals surface area contributed by atoms with Crippen LogP contribution in [0.4, 0.5) is 0 Å². The van der Waals surface area contributed by atoms with Crippen LogP contribution in [0.25, 0.3) is 0 Å². The van der Waals surface area contributed by atoms with Crippen LogP contribution in [0, 0.1) is 0 Å². The number of hydrogen-bond donors (Lipinski definition) is 0. The van der Waals surface area contributed by atoms with E-state index < -0.39 is 0 Å². The van der Waals surface area contributed by atoms with Crippen LogP contribution in [0.5, 0.6) is 0 Å². The zero-order valence-corrected chi connectivity index (χ0v) is 6.93. The third-order valence-electron chi connectivity index (χ3n) is 1.86. The van der Waals surface area contributed by atoms with Crippen LogP contribution in [0.1, 0.15) is 32.6 Å². The Morgan fingerprint density at radius 2 is 2.36 bits per heavy atom. The molecule has 11 heavy (non-hydrogen) atoms. The van der Waals surface area contributed by atoms with Gasteiger partial charge in [-0.05, 0) is 18.9 Å². The maximum atomic E-state index is 10.9. The molecule has 0 aromatic heterocycles. The monoisotopic (exact) mass is 154 g/mol. The lowest BCUT2D eigenvalue weighted by atomic mass is 10.1. The summed E-state index contributed by atoms with van der Waals surface area (Å²) < 4.78 is 4.76. The molecule has 2 nitrogen and oxygen atoms in total. The molecule has 0 fully saturated rings. The Hall–Kier alpha value is -0.790. The van der Waals surface area contributed by atoms with Crippen molar-refractivity contribution < 1.29 is 9.53 Å². The van der Waals surface area contributed by atoms with Crippen molar-refractivity contribution in [3.8, 4) is 0 Å². The van der Waals surface area contributed by atoms with E-state index in [2.05, 4.69) is 6.92 Å². The number of hydrogen-bond acceptors (Lipinski definition) is 2. The van der Waals surface area contributed by atoms with Crippen molar-refractivity contribution in [2.24, 2.45) is 0 Å². The Kier molecular flexibility index (Phi) is 3.14. The summed E-state index contributed by atoms with van der Waals surface area (Å²) in [5, 5.41) is 0. The maximum Gasteiger partial charge on any atom is 0.334 e. The van der Waals surface area contributed by atoms with E-state index in [0.717, 1.165) is 18.4 Å². The molecule has 0 amide bonds. The van der Waals surface area contributed by atoms with Gasteiger partial charge >= 0.3 is 5.97 Å². The summed E-state index contributed by atoms with van der Waals surface area (Å²) in [5.41, 5.74) is 0.874. The van der Waals surface area contributed by atoms with Crippen LogP contribution in [0.15, 0.2) is 11.6 Å². The Bertz CT molecular complexity index is 170. The second-order valence-electron chi connectivity index (χ2n) is 2.78. The Balaban J connectivity index is 2.20. The molecular weight excluding hydrogens is 140 g/mol. The number of carbonyl (C=O) groups is 1. The third-order valence-corrected chi connectivity index (χ3v) is 1.86. The molecule has 0 bridgehead atoms. The molecule has 1 aliphatic rings. The zero-order chi connectivity index (χ0) is 8.10. The first-order valence-electron chi connectivity index (χ1n) is 4.20. The van der Waals surface area contributed by atoms with Crippen LogP contribution >= 0.6 is 0 Å². The smallest absolute Gasteiger partial charge is 0.334 e.